The summed E-state index contributed by atoms with van der Waals surface area (Å²) in [6.07, 6.45) is 0.247. The molecule has 29 heavy (non-hydrogen) atoms. The van der Waals surface area contributed by atoms with Gasteiger partial charge in [0.2, 0.25) is 15.8 Å². The number of carbonyl (C=O) groups excluding carboxylic acids is 1. The van der Waals surface area contributed by atoms with Crippen molar-refractivity contribution in [1.82, 2.24) is 4.57 Å². The Morgan fingerprint density at radius 2 is 1.86 bits per heavy atom. The minimum absolute atomic E-state index is 0.194. The highest BCUT2D eigenvalue weighted by Crippen LogP contribution is 2.23. The second kappa shape index (κ2) is 8.18. The second-order valence-electron chi connectivity index (χ2n) is 6.71. The fraction of sp³-hybridized carbons (Fsp3) is 0.190. The number of para-hydroxylation sites is 1. The van der Waals surface area contributed by atoms with Crippen molar-refractivity contribution in [2.45, 2.75) is 12.2 Å². The molecule has 0 saturated carbocycles. The average molecular weight is 416 g/mol. The van der Waals surface area contributed by atoms with Crippen LogP contribution in [0, 0.1) is 5.82 Å². The molecule has 0 unspecified atom stereocenters. The summed E-state index contributed by atoms with van der Waals surface area (Å²) in [5, 5.41) is 5.00. The lowest BCUT2D eigenvalue weighted by Gasteiger charge is -2.11. The second-order valence-corrected chi connectivity index (χ2v) is 8.32. The molecule has 0 atom stereocenters. The number of hydrogen-bond donors (Lipinski definition) is 1. The third-order valence-corrected chi connectivity index (χ3v) is 5.40. The summed E-state index contributed by atoms with van der Waals surface area (Å²) in [5.41, 5.74) is 2.31. The fourth-order valence-electron chi connectivity index (χ4n) is 3.18. The van der Waals surface area contributed by atoms with Crippen molar-refractivity contribution in [3.63, 3.8) is 0 Å². The summed E-state index contributed by atoms with van der Waals surface area (Å²) in [4.78, 5) is 12.9. The van der Waals surface area contributed by atoms with Crippen LogP contribution < -0.4 is 9.88 Å². The number of methoxy groups -OCH3 is 1. The van der Waals surface area contributed by atoms with E-state index in [1.807, 2.05) is 0 Å². The van der Waals surface area contributed by atoms with E-state index in [-0.39, 0.29) is 17.8 Å². The molecule has 3 rings (SSSR count). The van der Waals surface area contributed by atoms with Gasteiger partial charge in [0, 0.05) is 19.2 Å². The van der Waals surface area contributed by atoms with Gasteiger partial charge >= 0.3 is 0 Å². The molecular formula is C21H21FN2O4S. The highest BCUT2D eigenvalue weighted by atomic mass is 32.2. The third-order valence-electron chi connectivity index (χ3n) is 4.67. The van der Waals surface area contributed by atoms with Gasteiger partial charge in [-0.15, -0.1) is 0 Å². The molecule has 0 bridgehead atoms. The lowest BCUT2D eigenvalue weighted by Crippen LogP contribution is -2.14. The maximum Gasteiger partial charge on any atom is 0.213 e. The minimum atomic E-state index is -3.73. The van der Waals surface area contributed by atoms with Gasteiger partial charge in [-0.1, -0.05) is 24.3 Å². The van der Waals surface area contributed by atoms with Crippen LogP contribution in [0.15, 0.2) is 54.6 Å². The Morgan fingerprint density at radius 1 is 1.14 bits per heavy atom. The molecule has 2 N–H and O–H groups in total. The molecule has 0 radical (unpaired) electrons. The van der Waals surface area contributed by atoms with E-state index in [1.165, 1.54) is 25.3 Å². The predicted octanol–water partition coefficient (Wildman–Crippen LogP) is 2.78. The smallest absolute Gasteiger partial charge is 0.213 e. The number of sulfonamides is 1. The first-order chi connectivity index (χ1) is 13.7. The van der Waals surface area contributed by atoms with Crippen LogP contribution in [0.1, 0.15) is 32.9 Å². The monoisotopic (exact) mass is 416 g/mol. The molecule has 6 nitrogen and oxygen atoms in total. The van der Waals surface area contributed by atoms with Crippen molar-refractivity contribution in [2.24, 2.45) is 12.2 Å². The SMILES string of the molecule is COc1ccccc1C(=O)c1ccc(Cc2ccc(CS(N)(=O)=O)cc2F)n1C. The summed E-state index contributed by atoms with van der Waals surface area (Å²) < 4.78 is 43.8. The van der Waals surface area contributed by atoms with E-state index in [2.05, 4.69) is 0 Å². The summed E-state index contributed by atoms with van der Waals surface area (Å²) in [6.45, 7) is 0. The van der Waals surface area contributed by atoms with E-state index < -0.39 is 21.6 Å². The molecule has 0 fully saturated rings. The number of ketones is 1. The van der Waals surface area contributed by atoms with Gasteiger partial charge in [0.15, 0.2) is 0 Å². The number of halogens is 1. The van der Waals surface area contributed by atoms with Gasteiger partial charge in [-0.05, 0) is 41.5 Å². The normalized spacial score (nSPS) is 11.4. The molecule has 1 heterocycles. The Morgan fingerprint density at radius 3 is 2.52 bits per heavy atom. The molecule has 0 aliphatic heterocycles. The molecule has 0 spiro atoms. The van der Waals surface area contributed by atoms with Gasteiger partial charge in [0.05, 0.1) is 24.1 Å². The summed E-state index contributed by atoms with van der Waals surface area (Å²) >= 11 is 0. The number of benzene rings is 2. The molecule has 0 saturated heterocycles. The van der Waals surface area contributed by atoms with Crippen molar-refractivity contribution in [1.29, 1.82) is 0 Å². The van der Waals surface area contributed by atoms with Crippen molar-refractivity contribution < 1.29 is 22.3 Å². The predicted molar refractivity (Wildman–Crippen MR) is 108 cm³/mol. The van der Waals surface area contributed by atoms with Crippen LogP contribution in [0.3, 0.4) is 0 Å². The number of rotatable bonds is 7. The van der Waals surface area contributed by atoms with Crippen LogP contribution in [0.25, 0.3) is 0 Å². The zero-order chi connectivity index (χ0) is 21.2. The highest BCUT2D eigenvalue weighted by molar-refractivity contribution is 7.88. The average Bonchev–Trinajstić information content (AvgIpc) is 3.02. The molecule has 152 valence electrons. The number of nitrogens with zero attached hydrogens (tertiary/aromatic N) is 1. The Balaban J connectivity index is 1.86. The van der Waals surface area contributed by atoms with Crippen LogP contribution in [0.4, 0.5) is 4.39 Å². The maximum absolute atomic E-state index is 14.4. The van der Waals surface area contributed by atoms with Crippen molar-refractivity contribution >= 4 is 15.8 Å². The molecular weight excluding hydrogens is 395 g/mol. The Bertz CT molecular complexity index is 1170. The van der Waals surface area contributed by atoms with Crippen LogP contribution in [-0.2, 0) is 29.2 Å². The van der Waals surface area contributed by atoms with Gasteiger partial charge in [0.25, 0.3) is 0 Å². The van der Waals surface area contributed by atoms with Gasteiger partial charge in [-0.3, -0.25) is 4.79 Å². The van der Waals surface area contributed by atoms with Crippen molar-refractivity contribution in [3.05, 3.63) is 88.5 Å². The highest BCUT2D eigenvalue weighted by Gasteiger charge is 2.19. The number of primary sulfonamides is 1. The topological polar surface area (TPSA) is 91.4 Å². The summed E-state index contributed by atoms with van der Waals surface area (Å²) in [5.74, 6) is -0.659. The Kier molecular flexibility index (Phi) is 5.86. The lowest BCUT2D eigenvalue weighted by molar-refractivity contribution is 0.102. The zero-order valence-corrected chi connectivity index (χ0v) is 16.9. The fourth-order valence-corrected chi connectivity index (χ4v) is 3.82. The van der Waals surface area contributed by atoms with Crippen molar-refractivity contribution in [3.8, 4) is 5.75 Å². The van der Waals surface area contributed by atoms with Crippen molar-refractivity contribution in [2.75, 3.05) is 7.11 Å². The van der Waals surface area contributed by atoms with Crippen LogP contribution >= 0.6 is 0 Å². The molecule has 3 aromatic rings. The first kappa shape index (κ1) is 20.8. The molecule has 8 heteroatoms. The minimum Gasteiger partial charge on any atom is -0.496 e. The molecule has 0 aliphatic carbocycles. The number of nitrogens with two attached hydrogens (primary N) is 1. The molecule has 1 aromatic heterocycles. The summed E-state index contributed by atoms with van der Waals surface area (Å²) in [7, 11) is -0.483. The standard InChI is InChI=1S/C21H21FN2O4S/c1-24-16(12-15-8-7-14(11-18(15)22)13-29(23,26)27)9-10-19(24)21(25)17-5-3-4-6-20(17)28-2/h3-11H,12-13H2,1-2H3,(H2,23,26,27). The van der Waals surface area contributed by atoms with E-state index in [9.17, 15) is 17.6 Å². The van der Waals surface area contributed by atoms with Crippen LogP contribution in [-0.4, -0.2) is 25.9 Å². The maximum atomic E-state index is 14.4. The van der Waals surface area contributed by atoms with Gasteiger partial charge in [0.1, 0.15) is 11.6 Å². The number of hydrogen-bond acceptors (Lipinski definition) is 4. The molecule has 0 amide bonds. The largest absolute Gasteiger partial charge is 0.496 e. The van der Waals surface area contributed by atoms with E-state index >= 15 is 0 Å². The Hall–Kier alpha value is -2.97. The van der Waals surface area contributed by atoms with Crippen LogP contribution in [0.2, 0.25) is 0 Å². The summed E-state index contributed by atoms with van der Waals surface area (Å²) in [6, 6.07) is 14.7. The lowest BCUT2D eigenvalue weighted by atomic mass is 10.1. The van der Waals surface area contributed by atoms with E-state index in [0.717, 1.165) is 5.69 Å². The quantitative estimate of drug-likeness (QED) is 0.600. The molecule has 2 aromatic carbocycles. The molecule has 0 aliphatic rings. The zero-order valence-electron chi connectivity index (χ0n) is 16.1. The number of aromatic nitrogens is 1. The van der Waals surface area contributed by atoms with Gasteiger partial charge < -0.3 is 9.30 Å². The van der Waals surface area contributed by atoms with E-state index in [0.29, 0.717) is 22.6 Å². The van der Waals surface area contributed by atoms with E-state index in [4.69, 9.17) is 9.88 Å². The number of carbonyl (C=O) groups is 1. The van der Waals surface area contributed by atoms with Gasteiger partial charge in [-0.25, -0.2) is 17.9 Å². The first-order valence-electron chi connectivity index (χ1n) is 8.79. The first-order valence-corrected chi connectivity index (χ1v) is 10.5. The number of ether oxygens (including phenoxy) is 1. The van der Waals surface area contributed by atoms with E-state index in [1.54, 1.807) is 48.0 Å². The van der Waals surface area contributed by atoms with Gasteiger partial charge in [-0.2, -0.15) is 0 Å². The third kappa shape index (κ3) is 4.72. The van der Waals surface area contributed by atoms with Crippen LogP contribution in [0.5, 0.6) is 5.75 Å². The Labute approximate surface area is 168 Å².